The Morgan fingerprint density at radius 2 is 2.18 bits per heavy atom. The van der Waals surface area contributed by atoms with Crippen molar-refractivity contribution >= 4 is 27.5 Å². The Bertz CT molecular complexity index is 409. The third kappa shape index (κ3) is 3.71. The van der Waals surface area contributed by atoms with Gasteiger partial charge in [0.25, 0.3) is 5.91 Å². The van der Waals surface area contributed by atoms with Gasteiger partial charge in [0.1, 0.15) is 0 Å². The van der Waals surface area contributed by atoms with Crippen LogP contribution in [0.2, 0.25) is 0 Å². The standard InChI is InChI=1S/C12H17BrN2O2/c1-7(6-16)8(2)15-12(17)10-4-3-9(13)5-11(10)14/h3-5,7-8,16H,6,14H2,1-2H3,(H,15,17). The van der Waals surface area contributed by atoms with E-state index in [1.165, 1.54) is 0 Å². The summed E-state index contributed by atoms with van der Waals surface area (Å²) in [5, 5.41) is 11.8. The van der Waals surface area contributed by atoms with Gasteiger partial charge in [0.15, 0.2) is 0 Å². The Kier molecular flexibility index (Phi) is 4.96. The number of hydrogen-bond donors (Lipinski definition) is 3. The topological polar surface area (TPSA) is 75.3 Å². The van der Waals surface area contributed by atoms with Gasteiger partial charge in [-0.15, -0.1) is 0 Å². The van der Waals surface area contributed by atoms with Crippen LogP contribution in [0.4, 0.5) is 5.69 Å². The summed E-state index contributed by atoms with van der Waals surface area (Å²) >= 11 is 3.29. The maximum atomic E-state index is 11.9. The van der Waals surface area contributed by atoms with E-state index in [0.29, 0.717) is 11.3 Å². The molecule has 2 unspecified atom stereocenters. The highest BCUT2D eigenvalue weighted by Crippen LogP contribution is 2.18. The Morgan fingerprint density at radius 3 is 2.71 bits per heavy atom. The molecular formula is C12H17BrN2O2. The minimum Gasteiger partial charge on any atom is -0.398 e. The maximum absolute atomic E-state index is 11.9. The molecule has 0 aromatic heterocycles. The molecule has 1 aromatic carbocycles. The van der Waals surface area contributed by atoms with Gasteiger partial charge >= 0.3 is 0 Å². The van der Waals surface area contributed by atoms with Gasteiger partial charge in [0.05, 0.1) is 5.56 Å². The zero-order valence-electron chi connectivity index (χ0n) is 9.90. The molecule has 0 aliphatic carbocycles. The molecule has 1 aromatic rings. The van der Waals surface area contributed by atoms with Crippen LogP contribution in [0.15, 0.2) is 22.7 Å². The molecule has 0 saturated carbocycles. The molecule has 4 nitrogen and oxygen atoms in total. The second-order valence-electron chi connectivity index (χ2n) is 4.15. The normalized spacial score (nSPS) is 14.1. The summed E-state index contributed by atoms with van der Waals surface area (Å²) in [5.74, 6) is -0.210. The summed E-state index contributed by atoms with van der Waals surface area (Å²) in [6.45, 7) is 3.76. The number of aliphatic hydroxyl groups excluding tert-OH is 1. The quantitative estimate of drug-likeness (QED) is 0.742. The molecule has 17 heavy (non-hydrogen) atoms. The predicted molar refractivity (Wildman–Crippen MR) is 71.7 cm³/mol. The number of nitrogens with two attached hydrogens (primary N) is 1. The Hall–Kier alpha value is -1.07. The molecule has 2 atom stereocenters. The molecule has 0 aliphatic rings. The number of amides is 1. The van der Waals surface area contributed by atoms with Crippen molar-refractivity contribution in [2.45, 2.75) is 19.9 Å². The number of halogens is 1. The summed E-state index contributed by atoms with van der Waals surface area (Å²) < 4.78 is 0.836. The number of nitrogens with one attached hydrogen (secondary N) is 1. The van der Waals surface area contributed by atoms with Crippen LogP contribution in [0.3, 0.4) is 0 Å². The van der Waals surface area contributed by atoms with Gasteiger partial charge in [-0.25, -0.2) is 0 Å². The molecule has 0 radical (unpaired) electrons. The highest BCUT2D eigenvalue weighted by Gasteiger charge is 2.16. The largest absolute Gasteiger partial charge is 0.398 e. The molecule has 5 heteroatoms. The van der Waals surface area contributed by atoms with E-state index in [-0.39, 0.29) is 24.5 Å². The van der Waals surface area contributed by atoms with Gasteiger partial charge < -0.3 is 16.2 Å². The molecule has 4 N–H and O–H groups in total. The molecule has 0 saturated heterocycles. The second-order valence-corrected chi connectivity index (χ2v) is 5.07. The summed E-state index contributed by atoms with van der Waals surface area (Å²) in [4.78, 5) is 11.9. The van der Waals surface area contributed by atoms with Crippen LogP contribution >= 0.6 is 15.9 Å². The molecule has 1 amide bonds. The van der Waals surface area contributed by atoms with E-state index < -0.39 is 0 Å². The smallest absolute Gasteiger partial charge is 0.253 e. The van der Waals surface area contributed by atoms with Crippen molar-refractivity contribution in [2.75, 3.05) is 12.3 Å². The summed E-state index contributed by atoms with van der Waals surface area (Å²) in [6, 6.07) is 5.03. The van der Waals surface area contributed by atoms with Gasteiger partial charge in [-0.1, -0.05) is 22.9 Å². The molecule has 0 aliphatic heterocycles. The average Bonchev–Trinajstić information content (AvgIpc) is 2.27. The van der Waals surface area contributed by atoms with E-state index in [2.05, 4.69) is 21.2 Å². The van der Waals surface area contributed by atoms with Gasteiger partial charge in [0, 0.05) is 22.8 Å². The third-order valence-electron chi connectivity index (χ3n) is 2.76. The average molecular weight is 301 g/mol. The van der Waals surface area contributed by atoms with Gasteiger partial charge in [-0.3, -0.25) is 4.79 Å². The zero-order chi connectivity index (χ0) is 13.0. The van der Waals surface area contributed by atoms with Crippen molar-refractivity contribution in [3.8, 4) is 0 Å². The van der Waals surface area contributed by atoms with Crippen molar-refractivity contribution in [3.63, 3.8) is 0 Å². The number of carbonyl (C=O) groups excluding carboxylic acids is 1. The fourth-order valence-electron chi connectivity index (χ4n) is 1.33. The minimum atomic E-state index is -0.220. The van der Waals surface area contributed by atoms with E-state index in [4.69, 9.17) is 10.8 Å². The first kappa shape index (κ1) is 14.0. The summed E-state index contributed by atoms with van der Waals surface area (Å²) in [7, 11) is 0. The zero-order valence-corrected chi connectivity index (χ0v) is 11.5. The highest BCUT2D eigenvalue weighted by atomic mass is 79.9. The van der Waals surface area contributed by atoms with E-state index >= 15 is 0 Å². The number of anilines is 1. The Labute approximate surface area is 109 Å². The molecule has 0 fully saturated rings. The highest BCUT2D eigenvalue weighted by molar-refractivity contribution is 9.10. The predicted octanol–water partition coefficient (Wildman–Crippen LogP) is 1.78. The van der Waals surface area contributed by atoms with Crippen LogP contribution < -0.4 is 11.1 Å². The Balaban J connectivity index is 2.76. The molecule has 0 bridgehead atoms. The molecule has 0 heterocycles. The van der Waals surface area contributed by atoms with Crippen molar-refractivity contribution in [2.24, 2.45) is 5.92 Å². The fourth-order valence-corrected chi connectivity index (χ4v) is 1.70. The van der Waals surface area contributed by atoms with Crippen molar-refractivity contribution in [1.82, 2.24) is 5.32 Å². The Morgan fingerprint density at radius 1 is 1.53 bits per heavy atom. The minimum absolute atomic E-state index is 0.00984. The van der Waals surface area contributed by atoms with Gasteiger partial charge in [0.2, 0.25) is 0 Å². The second kappa shape index (κ2) is 6.02. The fraction of sp³-hybridized carbons (Fsp3) is 0.417. The number of hydrogen-bond acceptors (Lipinski definition) is 3. The molecule has 1 rings (SSSR count). The van der Waals surface area contributed by atoms with Gasteiger partial charge in [-0.05, 0) is 31.0 Å². The van der Waals surface area contributed by atoms with E-state index in [1.54, 1.807) is 18.2 Å². The van der Waals surface area contributed by atoms with Gasteiger partial charge in [-0.2, -0.15) is 0 Å². The van der Waals surface area contributed by atoms with Crippen LogP contribution in [0, 0.1) is 5.92 Å². The number of carbonyl (C=O) groups is 1. The lowest BCUT2D eigenvalue weighted by Crippen LogP contribution is -2.38. The third-order valence-corrected chi connectivity index (χ3v) is 3.25. The maximum Gasteiger partial charge on any atom is 0.253 e. The van der Waals surface area contributed by atoms with Crippen molar-refractivity contribution in [3.05, 3.63) is 28.2 Å². The number of benzene rings is 1. The van der Waals surface area contributed by atoms with Crippen LogP contribution in [0.5, 0.6) is 0 Å². The number of rotatable bonds is 4. The lowest BCUT2D eigenvalue weighted by molar-refractivity contribution is 0.0917. The first-order valence-corrected chi connectivity index (χ1v) is 6.21. The first-order valence-electron chi connectivity index (χ1n) is 5.42. The number of aliphatic hydroxyl groups is 1. The molecule has 0 spiro atoms. The van der Waals surface area contributed by atoms with E-state index in [1.807, 2.05) is 13.8 Å². The SMILES string of the molecule is CC(CO)C(C)NC(=O)c1ccc(Br)cc1N. The summed E-state index contributed by atoms with van der Waals surface area (Å²) in [5.41, 5.74) is 6.65. The monoisotopic (exact) mass is 300 g/mol. The lowest BCUT2D eigenvalue weighted by Gasteiger charge is -2.19. The van der Waals surface area contributed by atoms with E-state index in [9.17, 15) is 4.79 Å². The summed E-state index contributed by atoms with van der Waals surface area (Å²) in [6.07, 6.45) is 0. The van der Waals surface area contributed by atoms with Crippen molar-refractivity contribution < 1.29 is 9.90 Å². The van der Waals surface area contributed by atoms with Crippen LogP contribution in [-0.4, -0.2) is 23.7 Å². The van der Waals surface area contributed by atoms with Crippen LogP contribution in [0.1, 0.15) is 24.2 Å². The van der Waals surface area contributed by atoms with Crippen molar-refractivity contribution in [1.29, 1.82) is 0 Å². The molecule has 94 valence electrons. The van der Waals surface area contributed by atoms with Crippen LogP contribution in [0.25, 0.3) is 0 Å². The first-order chi connectivity index (χ1) is 7.95. The molecular weight excluding hydrogens is 284 g/mol. The number of nitrogen functional groups attached to an aromatic ring is 1. The van der Waals surface area contributed by atoms with E-state index in [0.717, 1.165) is 4.47 Å². The van der Waals surface area contributed by atoms with Crippen LogP contribution in [-0.2, 0) is 0 Å². The lowest BCUT2D eigenvalue weighted by atomic mass is 10.0.